The fraction of sp³-hybridized carbons (Fsp3) is 0. The number of benzene rings is 7. The second-order valence-corrected chi connectivity index (χ2v) is 9.15. The number of fused-ring (bicyclic) bond motifs is 6. The van der Waals surface area contributed by atoms with Crippen LogP contribution < -0.4 is 0 Å². The predicted octanol–water partition coefficient (Wildman–Crippen LogP) is 10.4. The van der Waals surface area contributed by atoms with Crippen LogP contribution in [-0.2, 0) is 0 Å². The summed E-state index contributed by atoms with van der Waals surface area (Å²) in [6.07, 6.45) is 0. The van der Waals surface area contributed by atoms with Crippen molar-refractivity contribution in [1.82, 2.24) is 0 Å². The second kappa shape index (κ2) is 7.81. The molecule has 7 aromatic carbocycles. The highest BCUT2D eigenvalue weighted by Crippen LogP contribution is 2.45. The van der Waals surface area contributed by atoms with Gasteiger partial charge in [-0.25, -0.2) is 0 Å². The van der Waals surface area contributed by atoms with Crippen LogP contribution in [0.4, 0.5) is 0 Å². The van der Waals surface area contributed by atoms with E-state index in [1.54, 1.807) is 0 Å². The minimum atomic E-state index is -0.481. The zero-order valence-corrected chi connectivity index (χ0v) is 19.6. The van der Waals surface area contributed by atoms with E-state index in [9.17, 15) is 1.37 Å². The van der Waals surface area contributed by atoms with Gasteiger partial charge >= 0.3 is 0 Å². The number of hydrogen-bond acceptors (Lipinski definition) is 1. The van der Waals surface area contributed by atoms with E-state index in [1.165, 1.54) is 0 Å². The SMILES string of the molecule is [2H]c1c([2H])c([2H])c2c([2H])c(-c3c4ccccc4c(-c4ccc5oc6ccccc6c5c4)c4ccccc34)c([2H])c([2H])c2c1[2H]. The third kappa shape index (κ3) is 3.04. The predicted molar refractivity (Wildman–Crippen MR) is 157 cm³/mol. The molecule has 0 aliphatic carbocycles. The number of para-hydroxylation sites is 1. The third-order valence-electron chi connectivity index (χ3n) is 7.10. The maximum absolute atomic E-state index is 9.27. The highest BCUT2D eigenvalue weighted by molar-refractivity contribution is 6.22. The fourth-order valence-electron chi connectivity index (χ4n) is 5.50. The summed E-state index contributed by atoms with van der Waals surface area (Å²) in [6, 6.07) is 27.2. The normalized spacial score (nSPS) is 14.4. The maximum Gasteiger partial charge on any atom is 0.135 e. The summed E-state index contributed by atoms with van der Waals surface area (Å²) >= 11 is 0. The van der Waals surface area contributed by atoms with Crippen molar-refractivity contribution in [3.8, 4) is 22.3 Å². The Kier molecular flexibility index (Phi) is 3.09. The smallest absolute Gasteiger partial charge is 0.135 e. The van der Waals surface area contributed by atoms with Crippen LogP contribution >= 0.6 is 0 Å². The zero-order valence-electron chi connectivity index (χ0n) is 26.6. The number of hydrogen-bond donors (Lipinski definition) is 0. The van der Waals surface area contributed by atoms with E-state index in [2.05, 4.69) is 6.07 Å². The highest BCUT2D eigenvalue weighted by atomic mass is 16.3. The van der Waals surface area contributed by atoms with Gasteiger partial charge in [0.1, 0.15) is 11.2 Å². The van der Waals surface area contributed by atoms with Crippen LogP contribution in [-0.4, -0.2) is 0 Å². The van der Waals surface area contributed by atoms with E-state index in [0.717, 1.165) is 54.6 Å². The number of furan rings is 1. The van der Waals surface area contributed by atoms with Crippen LogP contribution in [0.25, 0.3) is 76.5 Å². The van der Waals surface area contributed by atoms with Gasteiger partial charge in [0.2, 0.25) is 0 Å². The molecular weight excluding hydrogens is 448 g/mol. The Morgan fingerprint density at radius 2 is 1.03 bits per heavy atom. The molecule has 0 unspecified atom stereocenters. The van der Waals surface area contributed by atoms with Gasteiger partial charge in [-0.2, -0.15) is 0 Å². The summed E-state index contributed by atoms with van der Waals surface area (Å²) in [6.45, 7) is 0. The largest absolute Gasteiger partial charge is 0.456 e. The molecule has 172 valence electrons. The molecule has 0 saturated heterocycles. The lowest BCUT2D eigenvalue weighted by atomic mass is 9.85. The summed E-state index contributed by atoms with van der Waals surface area (Å²) < 4.78 is 66.7. The molecule has 1 aromatic heterocycles. The number of rotatable bonds is 2. The van der Waals surface area contributed by atoms with E-state index < -0.39 is 18.1 Å². The Morgan fingerprint density at radius 1 is 0.459 bits per heavy atom. The molecule has 1 heterocycles. The molecule has 0 aliphatic rings. The molecule has 8 rings (SSSR count). The van der Waals surface area contributed by atoms with Crippen LogP contribution in [0.5, 0.6) is 0 Å². The van der Waals surface area contributed by atoms with Crippen LogP contribution in [0.2, 0.25) is 0 Å². The van der Waals surface area contributed by atoms with E-state index >= 15 is 0 Å². The van der Waals surface area contributed by atoms with E-state index in [-0.39, 0.29) is 40.5 Å². The molecule has 37 heavy (non-hydrogen) atoms. The summed E-state index contributed by atoms with van der Waals surface area (Å²) in [5.74, 6) is 0. The van der Waals surface area contributed by atoms with Gasteiger partial charge in [0.25, 0.3) is 0 Å². The van der Waals surface area contributed by atoms with Gasteiger partial charge in [-0.15, -0.1) is 0 Å². The van der Waals surface area contributed by atoms with Gasteiger partial charge in [-0.05, 0) is 78.8 Å². The van der Waals surface area contributed by atoms with Gasteiger partial charge in [0.15, 0.2) is 0 Å². The molecule has 0 fully saturated rings. The molecule has 1 nitrogen and oxygen atoms in total. The zero-order chi connectivity index (χ0) is 30.4. The van der Waals surface area contributed by atoms with Crippen molar-refractivity contribution in [3.63, 3.8) is 0 Å². The fourth-order valence-corrected chi connectivity index (χ4v) is 5.50. The van der Waals surface area contributed by atoms with Crippen LogP contribution in [0, 0.1) is 0 Å². The summed E-state index contributed by atoms with van der Waals surface area (Å²) in [7, 11) is 0. The molecule has 0 saturated carbocycles. The average Bonchev–Trinajstić information content (AvgIpc) is 3.42. The maximum atomic E-state index is 9.27. The van der Waals surface area contributed by atoms with Crippen molar-refractivity contribution in [2.24, 2.45) is 0 Å². The van der Waals surface area contributed by atoms with Crippen molar-refractivity contribution < 1.29 is 14.0 Å². The molecule has 0 amide bonds. The average molecular weight is 478 g/mol. The Labute approximate surface area is 224 Å². The summed E-state index contributed by atoms with van der Waals surface area (Å²) in [5.41, 5.74) is 4.33. The summed E-state index contributed by atoms with van der Waals surface area (Å²) in [5, 5.41) is 5.21. The third-order valence-corrected chi connectivity index (χ3v) is 7.10. The minimum Gasteiger partial charge on any atom is -0.456 e. The highest BCUT2D eigenvalue weighted by Gasteiger charge is 2.17. The first-order chi connectivity index (χ1) is 21.3. The molecule has 0 radical (unpaired) electrons. The van der Waals surface area contributed by atoms with Gasteiger partial charge in [0.05, 0.1) is 9.60 Å². The van der Waals surface area contributed by atoms with Crippen molar-refractivity contribution in [3.05, 3.63) is 133 Å². The standard InChI is InChI=1S/C36H22O/c1-2-10-24-21-25(18-17-23(24)9-1)35-28-12-3-5-14-30(28)36(31-15-6-4-13-29(31)35)26-19-20-34-32(22-26)27-11-7-8-16-33(27)37-34/h1-22H/i1D,2D,9D,10D,17D,18D,21D. The Morgan fingerprint density at radius 3 is 1.73 bits per heavy atom. The van der Waals surface area contributed by atoms with E-state index in [0.29, 0.717) is 5.56 Å². The molecular formula is C36H22O. The van der Waals surface area contributed by atoms with Gasteiger partial charge in [-0.3, -0.25) is 0 Å². The lowest BCUT2D eigenvalue weighted by Gasteiger charge is -2.18. The van der Waals surface area contributed by atoms with Crippen molar-refractivity contribution in [1.29, 1.82) is 0 Å². The Balaban J connectivity index is 1.53. The van der Waals surface area contributed by atoms with E-state index in [1.807, 2.05) is 84.9 Å². The first-order valence-electron chi connectivity index (χ1n) is 15.6. The molecule has 8 aromatic rings. The first kappa shape index (κ1) is 14.6. The lowest BCUT2D eigenvalue weighted by molar-refractivity contribution is 0.669. The molecule has 0 bridgehead atoms. The minimum absolute atomic E-state index is 0.0541. The summed E-state index contributed by atoms with van der Waals surface area (Å²) in [4.78, 5) is 0. The Hall–Kier alpha value is -4.88. The molecule has 0 spiro atoms. The van der Waals surface area contributed by atoms with Gasteiger partial charge in [0, 0.05) is 10.8 Å². The second-order valence-electron chi connectivity index (χ2n) is 9.15. The topological polar surface area (TPSA) is 13.1 Å². The lowest BCUT2D eigenvalue weighted by Crippen LogP contribution is -1.91. The van der Waals surface area contributed by atoms with Crippen molar-refractivity contribution in [2.45, 2.75) is 0 Å². The van der Waals surface area contributed by atoms with Crippen molar-refractivity contribution in [2.75, 3.05) is 0 Å². The first-order valence-corrected chi connectivity index (χ1v) is 12.1. The van der Waals surface area contributed by atoms with Crippen LogP contribution in [0.15, 0.2) is 138 Å². The molecule has 0 N–H and O–H groups in total. The van der Waals surface area contributed by atoms with Crippen LogP contribution in [0.1, 0.15) is 9.60 Å². The van der Waals surface area contributed by atoms with Crippen molar-refractivity contribution >= 4 is 54.3 Å². The monoisotopic (exact) mass is 477 g/mol. The van der Waals surface area contributed by atoms with Gasteiger partial charge in [-0.1, -0.05) is 109 Å². The van der Waals surface area contributed by atoms with Gasteiger partial charge < -0.3 is 4.42 Å². The molecule has 0 aliphatic heterocycles. The molecule has 1 heteroatoms. The Bertz CT molecular complexity index is 2470. The van der Waals surface area contributed by atoms with Crippen LogP contribution in [0.3, 0.4) is 0 Å². The molecule has 0 atom stereocenters. The quantitative estimate of drug-likeness (QED) is 0.226. The van der Waals surface area contributed by atoms with E-state index in [4.69, 9.17) is 12.6 Å².